The average Bonchev–Trinajstić information content (AvgIpc) is 3.13. The van der Waals surface area contributed by atoms with Crippen LogP contribution in [0.15, 0.2) is 69.9 Å². The normalized spacial score (nSPS) is 11.9. The number of nitrogens with one attached hydrogen (secondary N) is 1. The van der Waals surface area contributed by atoms with Crippen molar-refractivity contribution >= 4 is 45.2 Å². The molecule has 3 rings (SSSR count). The molecule has 0 atom stereocenters. The van der Waals surface area contributed by atoms with E-state index in [0.29, 0.717) is 0 Å². The fourth-order valence-corrected chi connectivity index (χ4v) is 4.37. The van der Waals surface area contributed by atoms with Crippen molar-refractivity contribution in [3.63, 3.8) is 0 Å². The zero-order valence-electron chi connectivity index (χ0n) is 17.2. The lowest BCUT2D eigenvalue weighted by molar-refractivity contribution is -0.136. The Balaban J connectivity index is 1.74. The van der Waals surface area contributed by atoms with Gasteiger partial charge in [-0.05, 0) is 49.9 Å². The molecule has 30 heavy (non-hydrogen) atoms. The molecular weight excluding hydrogens is 418 g/mol. The van der Waals surface area contributed by atoms with E-state index in [-0.39, 0.29) is 5.70 Å². The number of rotatable bonds is 5. The Kier molecular flexibility index (Phi) is 6.84. The molecular formula is C23H23NO4S2. The van der Waals surface area contributed by atoms with E-state index in [9.17, 15) is 9.59 Å². The van der Waals surface area contributed by atoms with Gasteiger partial charge in [0, 0.05) is 26.0 Å². The Hall–Kier alpha value is -2.77. The number of carbonyl (C=O) groups excluding carboxylic acids is 2. The number of fused-ring (bicyclic) bond motifs is 1. The highest BCUT2D eigenvalue weighted by Gasteiger charge is 2.20. The van der Waals surface area contributed by atoms with Crippen LogP contribution in [0.5, 0.6) is 0 Å². The molecule has 0 radical (unpaired) electrons. The van der Waals surface area contributed by atoms with E-state index >= 15 is 0 Å². The Morgan fingerprint density at radius 2 is 1.77 bits per heavy atom. The van der Waals surface area contributed by atoms with Crippen LogP contribution in [0, 0.1) is 0 Å². The summed E-state index contributed by atoms with van der Waals surface area (Å²) in [5.41, 5.74) is 1.68. The van der Waals surface area contributed by atoms with E-state index in [0.717, 1.165) is 10.5 Å². The van der Waals surface area contributed by atoms with Crippen LogP contribution in [0.25, 0.3) is 21.2 Å². The molecule has 0 aliphatic rings. The smallest absolute Gasteiger partial charge is 0.412 e. The van der Waals surface area contributed by atoms with Crippen LogP contribution in [-0.2, 0) is 14.3 Å². The number of thiophene rings is 1. The third kappa shape index (κ3) is 5.64. The van der Waals surface area contributed by atoms with Gasteiger partial charge in [0.2, 0.25) is 0 Å². The van der Waals surface area contributed by atoms with Crippen molar-refractivity contribution in [1.82, 2.24) is 5.32 Å². The van der Waals surface area contributed by atoms with E-state index in [2.05, 4.69) is 22.8 Å². The highest BCUT2D eigenvalue weighted by molar-refractivity contribution is 8.02. The summed E-state index contributed by atoms with van der Waals surface area (Å²) in [7, 11) is 1.26. The van der Waals surface area contributed by atoms with Crippen molar-refractivity contribution < 1.29 is 19.1 Å². The summed E-state index contributed by atoms with van der Waals surface area (Å²) in [5, 5.41) is 7.39. The number of amides is 1. The third-order valence-electron chi connectivity index (χ3n) is 4.00. The molecule has 0 aliphatic heterocycles. The average molecular weight is 442 g/mol. The fraction of sp³-hybridized carbons (Fsp3) is 0.217. The van der Waals surface area contributed by atoms with Crippen LogP contribution in [-0.4, -0.2) is 24.8 Å². The number of hydrogen-bond donors (Lipinski definition) is 1. The molecule has 1 aromatic heterocycles. The van der Waals surface area contributed by atoms with Crippen LogP contribution < -0.4 is 5.32 Å². The second-order valence-corrected chi connectivity index (χ2v) is 9.29. The van der Waals surface area contributed by atoms with Crippen molar-refractivity contribution in [2.24, 2.45) is 0 Å². The molecule has 0 bridgehead atoms. The molecule has 3 aromatic rings. The lowest BCUT2D eigenvalue weighted by Gasteiger charge is -2.20. The molecule has 0 spiro atoms. The number of thioether (sulfide) groups is 1. The van der Waals surface area contributed by atoms with Gasteiger partial charge in [-0.1, -0.05) is 42.1 Å². The molecule has 156 valence electrons. The molecule has 1 amide bonds. The number of alkyl carbamates (subject to hydrolysis) is 1. The van der Waals surface area contributed by atoms with Crippen molar-refractivity contribution in [3.8, 4) is 11.1 Å². The minimum absolute atomic E-state index is 0.0182. The lowest BCUT2D eigenvalue weighted by atomic mass is 10.1. The van der Waals surface area contributed by atoms with Crippen LogP contribution in [0.2, 0.25) is 0 Å². The fourth-order valence-electron chi connectivity index (χ4n) is 2.69. The first-order valence-corrected chi connectivity index (χ1v) is 11.0. The van der Waals surface area contributed by atoms with Crippen molar-refractivity contribution in [2.45, 2.75) is 31.3 Å². The largest absolute Gasteiger partial charge is 0.464 e. The first-order valence-electron chi connectivity index (χ1n) is 9.28. The second-order valence-electron chi connectivity index (χ2n) is 7.44. The maximum Gasteiger partial charge on any atom is 0.412 e. The molecule has 7 heteroatoms. The van der Waals surface area contributed by atoms with Crippen LogP contribution >= 0.6 is 23.1 Å². The highest BCUT2D eigenvalue weighted by atomic mass is 32.2. The first kappa shape index (κ1) is 21.9. The number of hydrogen-bond acceptors (Lipinski definition) is 6. The van der Waals surface area contributed by atoms with E-state index in [1.807, 2.05) is 36.4 Å². The highest BCUT2D eigenvalue weighted by Crippen LogP contribution is 2.34. The van der Waals surface area contributed by atoms with Gasteiger partial charge in [-0.2, -0.15) is 0 Å². The monoisotopic (exact) mass is 441 g/mol. The topological polar surface area (TPSA) is 64.6 Å². The summed E-state index contributed by atoms with van der Waals surface area (Å²) in [6, 6.07) is 16.4. The maximum atomic E-state index is 12.0. The minimum atomic E-state index is -0.709. The molecule has 2 aromatic carbocycles. The molecule has 1 heterocycles. The minimum Gasteiger partial charge on any atom is -0.464 e. The number of esters is 1. The summed E-state index contributed by atoms with van der Waals surface area (Å²) in [5.74, 6) is -0.644. The van der Waals surface area contributed by atoms with E-state index in [1.54, 1.807) is 37.5 Å². The number of carbonyl (C=O) groups is 2. The van der Waals surface area contributed by atoms with Gasteiger partial charge in [0.05, 0.1) is 7.11 Å². The molecule has 0 saturated carbocycles. The predicted octanol–water partition coefficient (Wildman–Crippen LogP) is 6.20. The van der Waals surface area contributed by atoms with Gasteiger partial charge >= 0.3 is 12.1 Å². The summed E-state index contributed by atoms with van der Waals surface area (Å²) in [4.78, 5) is 24.9. The SMILES string of the molecule is COC(=O)/C(=C/Sc1ccc(-c2csc3ccccc23)cc1)NC(=O)OC(C)(C)C. The van der Waals surface area contributed by atoms with Gasteiger partial charge < -0.3 is 9.47 Å². The molecule has 5 nitrogen and oxygen atoms in total. The van der Waals surface area contributed by atoms with Gasteiger partial charge in [0.15, 0.2) is 0 Å². The Labute approximate surface area is 184 Å². The summed E-state index contributed by atoms with van der Waals surface area (Å²) >= 11 is 3.04. The zero-order chi connectivity index (χ0) is 21.7. The molecule has 0 fully saturated rings. The van der Waals surface area contributed by atoms with E-state index in [4.69, 9.17) is 9.47 Å². The number of methoxy groups -OCH3 is 1. The van der Waals surface area contributed by atoms with Gasteiger partial charge in [-0.25, -0.2) is 9.59 Å². The van der Waals surface area contributed by atoms with Gasteiger partial charge in [-0.15, -0.1) is 11.3 Å². The third-order valence-corrected chi connectivity index (χ3v) is 5.86. The standard InChI is InChI=1S/C23H23NO4S2/c1-23(2,3)28-22(26)24-19(21(25)27-4)14-29-16-11-9-15(10-12-16)18-13-30-20-8-6-5-7-17(18)20/h5-14H,1-4H3,(H,24,26)/b19-14-. The predicted molar refractivity (Wildman–Crippen MR) is 123 cm³/mol. The Morgan fingerprint density at radius 1 is 1.07 bits per heavy atom. The summed E-state index contributed by atoms with van der Waals surface area (Å²) in [6.07, 6.45) is -0.709. The zero-order valence-corrected chi connectivity index (χ0v) is 18.9. The van der Waals surface area contributed by atoms with Crippen LogP contribution in [0.4, 0.5) is 4.79 Å². The van der Waals surface area contributed by atoms with Gasteiger partial charge in [0.1, 0.15) is 11.3 Å². The maximum absolute atomic E-state index is 12.0. The van der Waals surface area contributed by atoms with Crippen molar-refractivity contribution in [1.29, 1.82) is 0 Å². The Bertz CT molecular complexity index is 1080. The van der Waals surface area contributed by atoms with E-state index < -0.39 is 17.7 Å². The summed E-state index contributed by atoms with van der Waals surface area (Å²) < 4.78 is 11.2. The molecule has 0 unspecified atom stereocenters. The second kappa shape index (κ2) is 9.36. The van der Waals surface area contributed by atoms with Gasteiger partial charge in [-0.3, -0.25) is 5.32 Å². The molecule has 1 N–H and O–H groups in total. The number of ether oxygens (including phenoxy) is 2. The quantitative estimate of drug-likeness (QED) is 0.290. The molecule has 0 saturated heterocycles. The van der Waals surface area contributed by atoms with Crippen molar-refractivity contribution in [2.75, 3.05) is 7.11 Å². The van der Waals surface area contributed by atoms with E-state index in [1.165, 1.54) is 34.5 Å². The molecule has 0 aliphatic carbocycles. The van der Waals surface area contributed by atoms with Crippen LogP contribution in [0.3, 0.4) is 0 Å². The Morgan fingerprint density at radius 3 is 2.43 bits per heavy atom. The lowest BCUT2D eigenvalue weighted by Crippen LogP contribution is -2.34. The van der Waals surface area contributed by atoms with Crippen LogP contribution in [0.1, 0.15) is 20.8 Å². The number of benzene rings is 2. The van der Waals surface area contributed by atoms with Gasteiger partial charge in [0.25, 0.3) is 0 Å². The summed E-state index contributed by atoms with van der Waals surface area (Å²) in [6.45, 7) is 5.25. The first-order chi connectivity index (χ1) is 14.3. The van der Waals surface area contributed by atoms with Crippen molar-refractivity contribution in [3.05, 3.63) is 65.0 Å².